The number of aromatic nitrogens is 1. The Morgan fingerprint density at radius 1 is 1.15 bits per heavy atom. The third-order valence-electron chi connectivity index (χ3n) is 5.79. The summed E-state index contributed by atoms with van der Waals surface area (Å²) in [6, 6.07) is 16.2. The number of aryl methyl sites for hydroxylation is 2. The molecule has 0 aliphatic carbocycles. The van der Waals surface area contributed by atoms with Gasteiger partial charge in [-0.25, -0.2) is 4.98 Å². The summed E-state index contributed by atoms with van der Waals surface area (Å²) in [5, 5.41) is 11.7. The van der Waals surface area contributed by atoms with Crippen LogP contribution in [0.4, 0.5) is 0 Å². The fourth-order valence-corrected chi connectivity index (χ4v) is 5.02. The number of aliphatic hydroxyl groups is 1. The molecule has 1 aliphatic rings. The van der Waals surface area contributed by atoms with Gasteiger partial charge in [-0.2, -0.15) is 0 Å². The van der Waals surface area contributed by atoms with Crippen molar-refractivity contribution in [3.8, 4) is 5.75 Å². The second-order valence-electron chi connectivity index (χ2n) is 8.33. The van der Waals surface area contributed by atoms with E-state index in [2.05, 4.69) is 11.9 Å². The highest BCUT2D eigenvalue weighted by Crippen LogP contribution is 2.41. The lowest BCUT2D eigenvalue weighted by Crippen LogP contribution is -2.30. The number of ether oxygens (including phenoxy) is 1. The first-order valence-electron chi connectivity index (χ1n) is 11.4. The average Bonchev–Trinajstić information content (AvgIpc) is 3.30. The number of carbonyl (C=O) groups excluding carboxylic acids is 2. The SMILES string of the molecule is CCCCOc1cccc(C2C(C(=O)c3sc(C)nc3C)=C(O)C(=O)N2Cc2ccccc2)c1. The zero-order valence-electron chi connectivity index (χ0n) is 19.6. The van der Waals surface area contributed by atoms with Gasteiger partial charge < -0.3 is 14.7 Å². The second-order valence-corrected chi connectivity index (χ2v) is 9.54. The van der Waals surface area contributed by atoms with E-state index in [-0.39, 0.29) is 17.9 Å². The normalized spacial score (nSPS) is 15.8. The van der Waals surface area contributed by atoms with Crippen LogP contribution in [-0.2, 0) is 11.3 Å². The molecular formula is C27H28N2O4S. The van der Waals surface area contributed by atoms with E-state index in [9.17, 15) is 14.7 Å². The van der Waals surface area contributed by atoms with Crippen molar-refractivity contribution in [3.63, 3.8) is 0 Å². The quantitative estimate of drug-likeness (QED) is 0.316. The first kappa shape index (κ1) is 23.7. The number of rotatable bonds is 9. The summed E-state index contributed by atoms with van der Waals surface area (Å²) in [4.78, 5) is 33.3. The van der Waals surface area contributed by atoms with Crippen LogP contribution >= 0.6 is 11.3 Å². The van der Waals surface area contributed by atoms with E-state index < -0.39 is 17.7 Å². The summed E-state index contributed by atoms with van der Waals surface area (Å²) in [6.07, 6.45) is 1.95. The number of carbonyl (C=O) groups is 2. The first-order chi connectivity index (χ1) is 16.4. The van der Waals surface area contributed by atoms with Gasteiger partial charge in [0.15, 0.2) is 5.76 Å². The fraction of sp³-hybridized carbons (Fsp3) is 0.296. The molecule has 2 heterocycles. The lowest BCUT2D eigenvalue weighted by atomic mass is 9.94. The molecular weight excluding hydrogens is 448 g/mol. The van der Waals surface area contributed by atoms with Crippen molar-refractivity contribution in [1.29, 1.82) is 0 Å². The summed E-state index contributed by atoms with van der Waals surface area (Å²) >= 11 is 1.27. The third kappa shape index (κ3) is 4.75. The molecule has 6 nitrogen and oxygen atoms in total. The van der Waals surface area contributed by atoms with Crippen LogP contribution in [0.2, 0.25) is 0 Å². The summed E-state index contributed by atoms with van der Waals surface area (Å²) in [7, 11) is 0. The van der Waals surface area contributed by atoms with E-state index in [0.29, 0.717) is 28.5 Å². The second kappa shape index (κ2) is 10.2. The van der Waals surface area contributed by atoms with Crippen LogP contribution in [0.3, 0.4) is 0 Å². The number of benzene rings is 2. The zero-order chi connectivity index (χ0) is 24.2. The third-order valence-corrected chi connectivity index (χ3v) is 6.87. The molecule has 4 rings (SSSR count). The maximum absolute atomic E-state index is 13.7. The van der Waals surface area contributed by atoms with E-state index >= 15 is 0 Å². The summed E-state index contributed by atoms with van der Waals surface area (Å²) in [5.74, 6) is -0.769. The Morgan fingerprint density at radius 3 is 2.59 bits per heavy atom. The van der Waals surface area contributed by atoms with Gasteiger partial charge in [0.2, 0.25) is 5.78 Å². The molecule has 176 valence electrons. The van der Waals surface area contributed by atoms with Crippen molar-refractivity contribution in [2.75, 3.05) is 6.61 Å². The number of amides is 1. The molecule has 1 unspecified atom stereocenters. The van der Waals surface area contributed by atoms with Crippen molar-refractivity contribution in [1.82, 2.24) is 9.88 Å². The van der Waals surface area contributed by atoms with Gasteiger partial charge in [0, 0.05) is 6.54 Å². The van der Waals surface area contributed by atoms with Gasteiger partial charge in [0.25, 0.3) is 5.91 Å². The number of ketones is 1. The number of hydrogen-bond acceptors (Lipinski definition) is 6. The Hall–Kier alpha value is -3.45. The van der Waals surface area contributed by atoms with Gasteiger partial charge in [-0.3, -0.25) is 9.59 Å². The minimum atomic E-state index is -0.739. The summed E-state index contributed by atoms with van der Waals surface area (Å²) < 4.78 is 5.88. The molecule has 0 saturated heterocycles. The number of aliphatic hydroxyl groups excluding tert-OH is 1. The number of nitrogens with zero attached hydrogens (tertiary/aromatic N) is 2. The monoisotopic (exact) mass is 476 g/mol. The average molecular weight is 477 g/mol. The molecule has 1 aliphatic heterocycles. The Kier molecular flexibility index (Phi) is 7.12. The van der Waals surface area contributed by atoms with Crippen LogP contribution in [0.5, 0.6) is 5.75 Å². The van der Waals surface area contributed by atoms with Crippen molar-refractivity contribution >= 4 is 23.0 Å². The molecule has 0 radical (unpaired) electrons. The molecule has 1 N–H and O–H groups in total. The van der Waals surface area contributed by atoms with Crippen LogP contribution < -0.4 is 4.74 Å². The molecule has 7 heteroatoms. The van der Waals surface area contributed by atoms with E-state index in [4.69, 9.17) is 4.74 Å². The Bertz CT molecular complexity index is 1230. The molecule has 1 atom stereocenters. The van der Waals surface area contributed by atoms with Crippen LogP contribution in [0.25, 0.3) is 0 Å². The number of thiazole rings is 1. The summed E-state index contributed by atoms with van der Waals surface area (Å²) in [6.45, 7) is 6.54. The smallest absolute Gasteiger partial charge is 0.290 e. The predicted octanol–water partition coefficient (Wildman–Crippen LogP) is 5.72. The molecule has 0 bridgehead atoms. The molecule has 2 aromatic carbocycles. The minimum Gasteiger partial charge on any atom is -0.503 e. The van der Waals surface area contributed by atoms with Crippen LogP contribution in [0.15, 0.2) is 65.9 Å². The Balaban J connectivity index is 1.77. The molecule has 1 amide bonds. The van der Waals surface area contributed by atoms with Gasteiger partial charge in [-0.15, -0.1) is 11.3 Å². The number of unbranched alkanes of at least 4 members (excludes halogenated alkanes) is 1. The highest BCUT2D eigenvalue weighted by molar-refractivity contribution is 7.14. The maximum Gasteiger partial charge on any atom is 0.290 e. The largest absolute Gasteiger partial charge is 0.503 e. The van der Waals surface area contributed by atoms with Crippen LogP contribution in [0.1, 0.15) is 57.3 Å². The summed E-state index contributed by atoms with van der Waals surface area (Å²) in [5.41, 5.74) is 2.29. The van der Waals surface area contributed by atoms with Gasteiger partial charge in [0.05, 0.1) is 33.8 Å². The molecule has 0 fully saturated rings. The number of Topliss-reactive ketones (excluding diaryl/α,β-unsaturated/α-hetero) is 1. The van der Waals surface area contributed by atoms with Crippen molar-refractivity contribution < 1.29 is 19.4 Å². The van der Waals surface area contributed by atoms with Gasteiger partial charge >= 0.3 is 0 Å². The number of hydrogen-bond donors (Lipinski definition) is 1. The van der Waals surface area contributed by atoms with Gasteiger partial charge in [0.1, 0.15) is 5.75 Å². The highest BCUT2D eigenvalue weighted by Gasteiger charge is 2.44. The standard InChI is InChI=1S/C27H28N2O4S/c1-4-5-14-33-21-13-9-12-20(15-21)23-22(24(30)26-17(2)28-18(3)34-26)25(31)27(32)29(23)16-19-10-7-6-8-11-19/h6-13,15,23,31H,4-5,14,16H2,1-3H3. The molecule has 0 spiro atoms. The van der Waals surface area contributed by atoms with Crippen LogP contribution in [0, 0.1) is 13.8 Å². The van der Waals surface area contributed by atoms with Crippen LogP contribution in [-0.4, -0.2) is 33.3 Å². The van der Waals surface area contributed by atoms with Gasteiger partial charge in [-0.05, 0) is 43.5 Å². The van der Waals surface area contributed by atoms with Crippen molar-refractivity contribution in [3.05, 3.63) is 92.6 Å². The van der Waals surface area contributed by atoms with Crippen molar-refractivity contribution in [2.45, 2.75) is 46.2 Å². The first-order valence-corrected chi connectivity index (χ1v) is 12.2. The Morgan fingerprint density at radius 2 is 1.91 bits per heavy atom. The molecule has 34 heavy (non-hydrogen) atoms. The lowest BCUT2D eigenvalue weighted by molar-refractivity contribution is -0.130. The van der Waals surface area contributed by atoms with Gasteiger partial charge in [-0.1, -0.05) is 55.8 Å². The lowest BCUT2D eigenvalue weighted by Gasteiger charge is -2.27. The minimum absolute atomic E-state index is 0.0818. The molecule has 0 saturated carbocycles. The predicted molar refractivity (Wildman–Crippen MR) is 132 cm³/mol. The molecule has 1 aromatic heterocycles. The topological polar surface area (TPSA) is 79.7 Å². The fourth-order valence-electron chi connectivity index (χ4n) is 4.15. The zero-order valence-corrected chi connectivity index (χ0v) is 20.4. The molecule has 3 aromatic rings. The highest BCUT2D eigenvalue weighted by atomic mass is 32.1. The Labute approximate surface area is 203 Å². The maximum atomic E-state index is 13.7. The van der Waals surface area contributed by atoms with E-state index in [1.165, 1.54) is 11.3 Å². The van der Waals surface area contributed by atoms with E-state index in [1.807, 2.05) is 61.5 Å². The van der Waals surface area contributed by atoms with E-state index in [1.54, 1.807) is 11.8 Å². The van der Waals surface area contributed by atoms with E-state index in [0.717, 1.165) is 23.4 Å². The van der Waals surface area contributed by atoms with Crippen molar-refractivity contribution in [2.24, 2.45) is 0 Å².